The Morgan fingerprint density at radius 1 is 1.03 bits per heavy atom. The van der Waals surface area contributed by atoms with Gasteiger partial charge in [-0.25, -0.2) is 4.98 Å². The minimum Gasteiger partial charge on any atom is -0.508 e. The highest BCUT2D eigenvalue weighted by Gasteiger charge is 2.28. The molecule has 0 saturated carbocycles. The lowest BCUT2D eigenvalue weighted by molar-refractivity contribution is 0.0960. The largest absolute Gasteiger partial charge is 0.508 e. The number of nitrogens with zero attached hydrogens (tertiary/aromatic N) is 4. The maximum Gasteiger partial charge on any atom is 0.152 e. The summed E-state index contributed by atoms with van der Waals surface area (Å²) >= 11 is 6.92. The zero-order chi connectivity index (χ0) is 27.4. The van der Waals surface area contributed by atoms with Gasteiger partial charge in [0, 0.05) is 50.9 Å². The lowest BCUT2D eigenvalue weighted by Gasteiger charge is -2.39. The number of allylic oxidation sites excluding steroid dienone is 4. The maximum absolute atomic E-state index is 10.1. The van der Waals surface area contributed by atoms with Crippen molar-refractivity contribution in [3.63, 3.8) is 0 Å². The Morgan fingerprint density at radius 2 is 1.76 bits per heavy atom. The highest BCUT2D eigenvalue weighted by atomic mass is 35.5. The third-order valence-electron chi connectivity index (χ3n) is 8.88. The van der Waals surface area contributed by atoms with Crippen LogP contribution in [0.3, 0.4) is 0 Å². The third kappa shape index (κ3) is 5.90. The van der Waals surface area contributed by atoms with Crippen LogP contribution in [0.2, 0.25) is 5.15 Å². The number of phenols is 1. The molecular formula is C32H47ClN4O. The van der Waals surface area contributed by atoms with Crippen LogP contribution < -0.4 is 0 Å². The first-order valence-corrected chi connectivity index (χ1v) is 15.1. The lowest BCUT2D eigenvalue weighted by atomic mass is 9.87. The summed E-state index contributed by atoms with van der Waals surface area (Å²) in [5.41, 5.74) is 8.99. The van der Waals surface area contributed by atoms with Crippen LogP contribution in [0.5, 0.6) is 5.75 Å². The number of halogens is 1. The first-order valence-electron chi connectivity index (χ1n) is 14.7. The van der Waals surface area contributed by atoms with Crippen molar-refractivity contribution in [3.05, 3.63) is 62.7 Å². The molecule has 2 aliphatic rings. The van der Waals surface area contributed by atoms with E-state index in [2.05, 4.69) is 61.1 Å². The molecule has 0 radical (unpaired) electrons. The molecule has 1 aliphatic heterocycles. The molecule has 5 nitrogen and oxygen atoms in total. The fourth-order valence-electron chi connectivity index (χ4n) is 6.20. The summed E-state index contributed by atoms with van der Waals surface area (Å²) in [5, 5.41) is 10.8. The average molecular weight is 539 g/mol. The first kappa shape index (κ1) is 28.9. The van der Waals surface area contributed by atoms with E-state index in [1.54, 1.807) is 0 Å². The molecular weight excluding hydrogens is 492 g/mol. The number of aromatic nitrogens is 2. The molecule has 1 unspecified atom stereocenters. The van der Waals surface area contributed by atoms with Crippen LogP contribution in [0.15, 0.2) is 29.4 Å². The van der Waals surface area contributed by atoms with Gasteiger partial charge in [-0.3, -0.25) is 9.80 Å². The predicted octanol–water partition coefficient (Wildman–Crippen LogP) is 7.83. The number of hydrogen-bond donors (Lipinski definition) is 1. The Morgan fingerprint density at radius 3 is 2.42 bits per heavy atom. The van der Waals surface area contributed by atoms with Gasteiger partial charge in [-0.05, 0) is 81.2 Å². The summed E-state index contributed by atoms with van der Waals surface area (Å²) in [6.07, 6.45) is 9.06. The zero-order valence-electron chi connectivity index (χ0n) is 24.4. The number of imidazole rings is 1. The summed E-state index contributed by atoms with van der Waals surface area (Å²) < 4.78 is 2.45. The molecule has 1 N–H and O–H groups in total. The minimum atomic E-state index is 0.326. The van der Waals surface area contributed by atoms with Crippen molar-refractivity contribution >= 4 is 17.2 Å². The molecule has 0 amide bonds. The maximum atomic E-state index is 10.1. The highest BCUT2D eigenvalue weighted by Crippen LogP contribution is 2.38. The Balaban J connectivity index is 1.53. The molecule has 1 aromatic heterocycles. The van der Waals surface area contributed by atoms with Gasteiger partial charge in [-0.2, -0.15) is 0 Å². The monoisotopic (exact) mass is 538 g/mol. The van der Waals surface area contributed by atoms with E-state index in [1.807, 2.05) is 13.0 Å². The van der Waals surface area contributed by atoms with Crippen LogP contribution in [0.25, 0.3) is 5.57 Å². The number of hydrogen-bond acceptors (Lipinski definition) is 4. The second-order valence-corrected chi connectivity index (χ2v) is 11.4. The van der Waals surface area contributed by atoms with Crippen LogP contribution in [-0.4, -0.2) is 50.6 Å². The van der Waals surface area contributed by atoms with E-state index < -0.39 is 0 Å². The van der Waals surface area contributed by atoms with Crippen molar-refractivity contribution < 1.29 is 5.11 Å². The number of phenolic OH excluding ortho intramolecular Hbond substituents is 1. The van der Waals surface area contributed by atoms with Crippen LogP contribution in [0, 0.1) is 13.8 Å². The molecule has 2 aromatic rings. The van der Waals surface area contributed by atoms with E-state index in [0.717, 1.165) is 89.2 Å². The van der Waals surface area contributed by atoms with Crippen LogP contribution >= 0.6 is 11.6 Å². The van der Waals surface area contributed by atoms with Gasteiger partial charge in [-0.15, -0.1) is 0 Å². The zero-order valence-corrected chi connectivity index (χ0v) is 25.2. The van der Waals surface area contributed by atoms with Gasteiger partial charge in [0.2, 0.25) is 0 Å². The van der Waals surface area contributed by atoms with Crippen molar-refractivity contribution in [2.24, 2.45) is 0 Å². The van der Waals surface area contributed by atoms with Gasteiger partial charge >= 0.3 is 0 Å². The van der Waals surface area contributed by atoms with Crippen molar-refractivity contribution in [3.8, 4) is 5.75 Å². The van der Waals surface area contributed by atoms with Crippen LogP contribution in [-0.2, 0) is 13.1 Å². The number of rotatable bonds is 10. The van der Waals surface area contributed by atoms with Crippen LogP contribution in [0.1, 0.15) is 100 Å². The Labute approximate surface area is 235 Å². The lowest BCUT2D eigenvalue weighted by Crippen LogP contribution is -2.47. The molecule has 38 heavy (non-hydrogen) atoms. The predicted molar refractivity (Wildman–Crippen MR) is 160 cm³/mol. The highest BCUT2D eigenvalue weighted by molar-refractivity contribution is 6.30. The number of aromatic hydroxyl groups is 1. The van der Waals surface area contributed by atoms with E-state index in [0.29, 0.717) is 16.9 Å². The smallest absolute Gasteiger partial charge is 0.152 e. The van der Waals surface area contributed by atoms with Gasteiger partial charge in [0.25, 0.3) is 0 Å². The fraction of sp³-hybridized carbons (Fsp3) is 0.594. The summed E-state index contributed by atoms with van der Waals surface area (Å²) in [4.78, 5) is 10.1. The summed E-state index contributed by atoms with van der Waals surface area (Å²) in [7, 11) is 0. The topological polar surface area (TPSA) is 44.5 Å². The Kier molecular flexibility index (Phi) is 9.78. The standard InChI is InChI=1S/C32H47ClN4O/c1-7-10-16-37-28(31(33)34-32(37)30-25(8-2)12-11-13-26(30)9-3)21-35-17-19-36(20-18-35)24(6)27-14-15-29(38)23(5)22(27)4/h12,14-15,24,38H,7-11,13,16-21H2,1-6H3. The second-order valence-electron chi connectivity index (χ2n) is 11.0. The number of benzene rings is 1. The van der Waals surface area contributed by atoms with E-state index in [1.165, 1.54) is 33.5 Å². The molecule has 1 fully saturated rings. The van der Waals surface area contributed by atoms with Crippen molar-refractivity contribution in [1.82, 2.24) is 19.4 Å². The Hall–Kier alpha value is -2.08. The van der Waals surface area contributed by atoms with Crippen LogP contribution in [0.4, 0.5) is 0 Å². The normalized spacial score (nSPS) is 18.2. The second kappa shape index (κ2) is 12.8. The first-order chi connectivity index (χ1) is 18.3. The molecule has 6 heteroatoms. The molecule has 1 aromatic carbocycles. The van der Waals surface area contributed by atoms with Gasteiger partial charge in [0.05, 0.1) is 5.69 Å². The van der Waals surface area contributed by atoms with Gasteiger partial charge < -0.3 is 9.67 Å². The van der Waals surface area contributed by atoms with Crippen molar-refractivity contribution in [2.45, 2.75) is 99.2 Å². The van der Waals surface area contributed by atoms with Gasteiger partial charge in [0.15, 0.2) is 5.15 Å². The van der Waals surface area contributed by atoms with E-state index >= 15 is 0 Å². The summed E-state index contributed by atoms with van der Waals surface area (Å²) in [6, 6.07) is 4.25. The fourth-order valence-corrected chi connectivity index (χ4v) is 6.45. The number of piperazine rings is 1. The molecule has 1 saturated heterocycles. The molecule has 0 bridgehead atoms. The average Bonchev–Trinajstić information content (AvgIpc) is 3.24. The van der Waals surface area contributed by atoms with E-state index in [-0.39, 0.29) is 0 Å². The Bertz CT molecular complexity index is 1190. The summed E-state index contributed by atoms with van der Waals surface area (Å²) in [5.74, 6) is 1.48. The number of unbranched alkanes of at least 4 members (excludes halogenated alkanes) is 1. The SMILES string of the molecule is CCCCn1c(C2=C(CC)CCC=C2CC)nc(Cl)c1CN1CCN(C(C)c2ccc(O)c(C)c2C)CC1. The van der Waals surface area contributed by atoms with E-state index in [4.69, 9.17) is 16.6 Å². The molecule has 208 valence electrons. The van der Waals surface area contributed by atoms with E-state index in [9.17, 15) is 5.11 Å². The molecule has 1 atom stereocenters. The molecule has 1 aliphatic carbocycles. The van der Waals surface area contributed by atoms with Crippen molar-refractivity contribution in [1.29, 1.82) is 0 Å². The van der Waals surface area contributed by atoms with Gasteiger partial charge in [0.1, 0.15) is 11.6 Å². The molecule has 2 heterocycles. The minimum absolute atomic E-state index is 0.326. The van der Waals surface area contributed by atoms with Crippen molar-refractivity contribution in [2.75, 3.05) is 26.2 Å². The summed E-state index contributed by atoms with van der Waals surface area (Å²) in [6.45, 7) is 19.1. The quantitative estimate of drug-likeness (QED) is 0.334. The van der Waals surface area contributed by atoms with Gasteiger partial charge in [-0.1, -0.05) is 56.5 Å². The third-order valence-corrected chi connectivity index (χ3v) is 9.18. The molecule has 4 rings (SSSR count). The molecule has 0 spiro atoms.